The largest absolute Gasteiger partial charge is 0.466 e. The molecule has 1 heterocycles. The maximum Gasteiger partial charge on any atom is 0.355 e. The quantitative estimate of drug-likeness (QED) is 0.637. The Labute approximate surface area is 192 Å². The number of aryl methyl sites for hydroxylation is 1. The van der Waals surface area contributed by atoms with Gasteiger partial charge in [0.2, 0.25) is 0 Å². The summed E-state index contributed by atoms with van der Waals surface area (Å²) in [6.45, 7) is 1.54. The third-order valence-corrected chi connectivity index (χ3v) is 5.51. The monoisotopic (exact) mass is 499 g/mol. The summed E-state index contributed by atoms with van der Waals surface area (Å²) in [5.74, 6) is -3.72. The number of hydrogen-bond donors (Lipinski definition) is 1. The Morgan fingerprint density at radius 3 is 2.34 bits per heavy atom. The zero-order valence-electron chi connectivity index (χ0n) is 17.5. The average Bonchev–Trinajstić information content (AvgIpc) is 2.80. The van der Waals surface area contributed by atoms with Gasteiger partial charge < -0.3 is 15.2 Å². The first-order chi connectivity index (χ1) is 15.3. The van der Waals surface area contributed by atoms with Crippen LogP contribution in [0.2, 0.25) is 0 Å². The Balaban J connectivity index is 2.47. The number of esters is 2. The maximum atomic E-state index is 15.2. The van der Waals surface area contributed by atoms with E-state index in [-0.39, 0.29) is 33.9 Å². The standard InChI is InChI=1S/C23H19BrFN3O4/c1-12-9-14(24)10-16(19(12)25)28-20(23(30)32-3)18(22(29)31-2)17(15(11-26)21(28)27)13-7-5-4-6-8-13/h4-10,17H,27H2,1-3H3. The van der Waals surface area contributed by atoms with Crippen LogP contribution < -0.4 is 10.6 Å². The number of carbonyl (C=O) groups is 2. The number of anilines is 1. The van der Waals surface area contributed by atoms with Crippen molar-refractivity contribution in [3.05, 3.63) is 86.5 Å². The van der Waals surface area contributed by atoms with E-state index >= 15 is 4.39 Å². The fourth-order valence-corrected chi connectivity index (χ4v) is 4.19. The first kappa shape index (κ1) is 23.0. The SMILES string of the molecule is COC(=O)C1=C(C(=O)OC)N(c2cc(Br)cc(C)c2F)C(N)=C(C#N)C1c1ccccc1. The van der Waals surface area contributed by atoms with Crippen LogP contribution in [-0.2, 0) is 19.1 Å². The summed E-state index contributed by atoms with van der Waals surface area (Å²) >= 11 is 3.31. The number of benzene rings is 2. The molecule has 2 N–H and O–H groups in total. The molecule has 0 aromatic heterocycles. The lowest BCUT2D eigenvalue weighted by atomic mass is 9.81. The average molecular weight is 500 g/mol. The van der Waals surface area contributed by atoms with Crippen LogP contribution in [-0.4, -0.2) is 26.2 Å². The van der Waals surface area contributed by atoms with E-state index in [0.29, 0.717) is 10.0 Å². The Morgan fingerprint density at radius 2 is 1.78 bits per heavy atom. The van der Waals surface area contributed by atoms with Gasteiger partial charge in [0.15, 0.2) is 0 Å². The molecule has 0 radical (unpaired) electrons. The lowest BCUT2D eigenvalue weighted by Crippen LogP contribution is -2.41. The van der Waals surface area contributed by atoms with Crippen LogP contribution in [0, 0.1) is 24.1 Å². The summed E-state index contributed by atoms with van der Waals surface area (Å²) in [5.41, 5.74) is 6.45. The molecular weight excluding hydrogens is 481 g/mol. The number of ether oxygens (including phenoxy) is 2. The highest BCUT2D eigenvalue weighted by molar-refractivity contribution is 9.10. The number of halogens is 2. The van der Waals surface area contributed by atoms with Crippen molar-refractivity contribution in [3.63, 3.8) is 0 Å². The highest BCUT2D eigenvalue weighted by atomic mass is 79.9. The summed E-state index contributed by atoms with van der Waals surface area (Å²) in [6, 6.07) is 13.5. The van der Waals surface area contributed by atoms with Crippen LogP contribution in [0.3, 0.4) is 0 Å². The number of nitriles is 1. The van der Waals surface area contributed by atoms with Gasteiger partial charge >= 0.3 is 11.9 Å². The number of nitrogens with two attached hydrogens (primary N) is 1. The first-order valence-electron chi connectivity index (χ1n) is 9.38. The molecule has 7 nitrogen and oxygen atoms in total. The predicted octanol–water partition coefficient (Wildman–Crippen LogP) is 3.79. The van der Waals surface area contributed by atoms with E-state index in [1.165, 1.54) is 13.0 Å². The minimum Gasteiger partial charge on any atom is -0.466 e. The first-order valence-corrected chi connectivity index (χ1v) is 10.2. The molecule has 0 aliphatic carbocycles. The molecule has 1 unspecified atom stereocenters. The summed E-state index contributed by atoms with van der Waals surface area (Å²) in [7, 11) is 2.27. The van der Waals surface area contributed by atoms with E-state index in [4.69, 9.17) is 15.2 Å². The molecule has 3 rings (SSSR count). The highest BCUT2D eigenvalue weighted by Gasteiger charge is 2.43. The summed E-state index contributed by atoms with van der Waals surface area (Å²) < 4.78 is 25.6. The van der Waals surface area contributed by atoms with E-state index in [0.717, 1.165) is 19.1 Å². The molecule has 2 aromatic rings. The normalized spacial score (nSPS) is 16.0. The van der Waals surface area contributed by atoms with Crippen molar-refractivity contribution in [1.29, 1.82) is 5.26 Å². The highest BCUT2D eigenvalue weighted by Crippen LogP contribution is 2.44. The molecule has 0 amide bonds. The van der Waals surface area contributed by atoms with Crippen molar-refractivity contribution in [3.8, 4) is 6.07 Å². The molecular formula is C23H19BrFN3O4. The Bertz CT molecular complexity index is 1200. The summed E-state index contributed by atoms with van der Waals surface area (Å²) in [5, 5.41) is 9.98. The topological polar surface area (TPSA) is 106 Å². The number of nitrogens with zero attached hydrogens (tertiary/aromatic N) is 2. The molecule has 164 valence electrons. The van der Waals surface area contributed by atoms with Gasteiger partial charge in [-0.15, -0.1) is 0 Å². The molecule has 2 aromatic carbocycles. The zero-order chi connectivity index (χ0) is 23.6. The number of methoxy groups -OCH3 is 2. The molecule has 0 saturated heterocycles. The van der Waals surface area contributed by atoms with E-state index < -0.39 is 23.7 Å². The van der Waals surface area contributed by atoms with E-state index in [1.807, 2.05) is 6.07 Å². The van der Waals surface area contributed by atoms with E-state index in [1.54, 1.807) is 36.4 Å². The van der Waals surface area contributed by atoms with Crippen molar-refractivity contribution >= 4 is 33.6 Å². The second kappa shape index (κ2) is 9.24. The predicted molar refractivity (Wildman–Crippen MR) is 118 cm³/mol. The number of hydrogen-bond acceptors (Lipinski definition) is 7. The van der Waals surface area contributed by atoms with E-state index in [9.17, 15) is 14.9 Å². The lowest BCUT2D eigenvalue weighted by molar-refractivity contribution is -0.139. The summed E-state index contributed by atoms with van der Waals surface area (Å²) in [6.07, 6.45) is 0. The zero-order valence-corrected chi connectivity index (χ0v) is 19.1. The molecule has 0 fully saturated rings. The molecule has 32 heavy (non-hydrogen) atoms. The second-order valence-corrected chi connectivity index (χ2v) is 7.81. The minimum atomic E-state index is -1.02. The number of allylic oxidation sites excluding steroid dienone is 1. The van der Waals surface area contributed by atoms with Crippen molar-refractivity contribution in [2.45, 2.75) is 12.8 Å². The van der Waals surface area contributed by atoms with Crippen molar-refractivity contribution in [1.82, 2.24) is 0 Å². The van der Waals surface area contributed by atoms with Gasteiger partial charge in [-0.1, -0.05) is 46.3 Å². The van der Waals surface area contributed by atoms with Crippen molar-refractivity contribution < 1.29 is 23.5 Å². The number of rotatable bonds is 4. The molecule has 0 saturated carbocycles. The van der Waals surface area contributed by atoms with Gasteiger partial charge in [0.25, 0.3) is 0 Å². The Morgan fingerprint density at radius 1 is 1.16 bits per heavy atom. The second-order valence-electron chi connectivity index (χ2n) is 6.89. The van der Waals surface area contributed by atoms with Gasteiger partial charge in [-0.05, 0) is 30.2 Å². The molecule has 1 atom stereocenters. The fraction of sp³-hybridized carbons (Fsp3) is 0.174. The lowest BCUT2D eigenvalue weighted by Gasteiger charge is -2.36. The maximum absolute atomic E-state index is 15.2. The molecule has 9 heteroatoms. The van der Waals surface area contributed by atoms with Crippen molar-refractivity contribution in [2.75, 3.05) is 19.1 Å². The molecule has 0 spiro atoms. The minimum absolute atomic E-state index is 0.0405. The van der Waals surface area contributed by atoms with Gasteiger partial charge in [-0.3, -0.25) is 4.90 Å². The van der Waals surface area contributed by atoms with Crippen LogP contribution in [0.15, 0.2) is 69.6 Å². The van der Waals surface area contributed by atoms with Crippen LogP contribution in [0.1, 0.15) is 17.0 Å². The van der Waals surface area contributed by atoms with Gasteiger partial charge in [-0.2, -0.15) is 5.26 Å². The fourth-order valence-electron chi connectivity index (χ4n) is 3.63. The van der Waals surface area contributed by atoms with E-state index in [2.05, 4.69) is 15.9 Å². The number of carbonyl (C=O) groups excluding carboxylic acids is 2. The molecule has 0 bridgehead atoms. The van der Waals surface area contributed by atoms with Crippen LogP contribution in [0.4, 0.5) is 10.1 Å². The van der Waals surface area contributed by atoms with Gasteiger partial charge in [0.1, 0.15) is 17.3 Å². The summed E-state index contributed by atoms with van der Waals surface area (Å²) in [4.78, 5) is 26.9. The van der Waals surface area contributed by atoms with Crippen LogP contribution in [0.25, 0.3) is 0 Å². The van der Waals surface area contributed by atoms with Gasteiger partial charge in [-0.25, -0.2) is 14.0 Å². The van der Waals surface area contributed by atoms with Crippen molar-refractivity contribution in [2.24, 2.45) is 5.73 Å². The molecule has 1 aliphatic heterocycles. The van der Waals surface area contributed by atoms with Gasteiger partial charge in [0.05, 0.1) is 43.0 Å². The van der Waals surface area contributed by atoms with Crippen LogP contribution >= 0.6 is 15.9 Å². The molecule has 1 aliphatic rings. The third kappa shape index (κ3) is 3.85. The Kier molecular flexibility index (Phi) is 6.65. The third-order valence-electron chi connectivity index (χ3n) is 5.05. The van der Waals surface area contributed by atoms with Gasteiger partial charge in [0, 0.05) is 4.47 Å². The Hall–Kier alpha value is -3.64. The smallest absolute Gasteiger partial charge is 0.355 e. The van der Waals surface area contributed by atoms with Crippen LogP contribution in [0.5, 0.6) is 0 Å².